The summed E-state index contributed by atoms with van der Waals surface area (Å²) < 4.78 is 6.70. The fourth-order valence-electron chi connectivity index (χ4n) is 2.12. The first-order valence-electron chi connectivity index (χ1n) is 5.90. The summed E-state index contributed by atoms with van der Waals surface area (Å²) in [5.74, 6) is 1.57. The molecular weight excluding hydrogens is 302 g/mol. The third-order valence-electron chi connectivity index (χ3n) is 3.29. The molecule has 1 fully saturated rings. The highest BCUT2D eigenvalue weighted by atomic mass is 79.9. The Balaban J connectivity index is 0.00000144. The van der Waals surface area contributed by atoms with Crippen molar-refractivity contribution in [1.29, 1.82) is 0 Å². The minimum Gasteiger partial charge on any atom is -0.494 e. The Hall–Kier alpha value is -0.250. The van der Waals surface area contributed by atoms with Gasteiger partial charge in [0.25, 0.3) is 0 Å². The minimum absolute atomic E-state index is 0. The van der Waals surface area contributed by atoms with Crippen LogP contribution in [0.5, 0.6) is 5.75 Å². The Morgan fingerprint density at radius 2 is 2.18 bits per heavy atom. The first kappa shape index (κ1) is 14.8. The zero-order chi connectivity index (χ0) is 11.5. The van der Waals surface area contributed by atoms with E-state index >= 15 is 0 Å². The zero-order valence-electron chi connectivity index (χ0n) is 9.99. The molecule has 0 radical (unpaired) electrons. The lowest BCUT2D eigenvalue weighted by Crippen LogP contribution is -2.27. The Kier molecular flexibility index (Phi) is 5.77. The number of ether oxygens (including phenoxy) is 1. The van der Waals surface area contributed by atoms with E-state index in [1.54, 1.807) is 0 Å². The lowest BCUT2D eigenvalue weighted by molar-refractivity contribution is 0.256. The first-order chi connectivity index (χ1) is 7.72. The Labute approximate surface area is 117 Å². The number of nitrogens with two attached hydrogens (primary N) is 1. The third-order valence-corrected chi connectivity index (χ3v) is 3.78. The molecule has 2 rings (SSSR count). The number of hydrogen-bond acceptors (Lipinski definition) is 2. The quantitative estimate of drug-likeness (QED) is 0.907. The van der Waals surface area contributed by atoms with E-state index in [0.29, 0.717) is 12.5 Å². The van der Waals surface area contributed by atoms with Gasteiger partial charge in [-0.2, -0.15) is 0 Å². The summed E-state index contributed by atoms with van der Waals surface area (Å²) in [6, 6.07) is 6.21. The van der Waals surface area contributed by atoms with Crippen LogP contribution < -0.4 is 10.5 Å². The fraction of sp³-hybridized carbons (Fsp3) is 0.538. The molecule has 0 saturated heterocycles. The molecule has 2 nitrogen and oxygen atoms in total. The van der Waals surface area contributed by atoms with E-state index in [1.165, 1.54) is 19.3 Å². The van der Waals surface area contributed by atoms with E-state index in [-0.39, 0.29) is 18.4 Å². The molecule has 1 aromatic rings. The smallest absolute Gasteiger partial charge is 0.124 e. The molecule has 96 valence electrons. The normalized spacial score (nSPS) is 16.9. The van der Waals surface area contributed by atoms with Gasteiger partial charge in [0.15, 0.2) is 0 Å². The molecule has 17 heavy (non-hydrogen) atoms. The molecule has 1 aliphatic carbocycles. The summed E-state index contributed by atoms with van der Waals surface area (Å²) in [6.45, 7) is 2.69. The molecule has 0 aliphatic heterocycles. The second-order valence-electron chi connectivity index (χ2n) is 4.33. The predicted octanol–water partition coefficient (Wildman–Crippen LogP) is 4.07. The van der Waals surface area contributed by atoms with Gasteiger partial charge in [0.2, 0.25) is 0 Å². The summed E-state index contributed by atoms with van der Waals surface area (Å²) in [7, 11) is 0. The summed E-state index contributed by atoms with van der Waals surface area (Å²) >= 11 is 3.49. The first-order valence-corrected chi connectivity index (χ1v) is 6.69. The topological polar surface area (TPSA) is 35.2 Å². The van der Waals surface area contributed by atoms with Gasteiger partial charge in [0.05, 0.1) is 6.61 Å². The van der Waals surface area contributed by atoms with Gasteiger partial charge in [-0.1, -0.05) is 22.4 Å². The molecule has 1 aromatic carbocycles. The molecule has 0 spiro atoms. The van der Waals surface area contributed by atoms with Crippen LogP contribution in [-0.4, -0.2) is 6.61 Å². The summed E-state index contributed by atoms with van der Waals surface area (Å²) in [5, 5.41) is 0. The Morgan fingerprint density at radius 3 is 2.71 bits per heavy atom. The summed E-state index contributed by atoms with van der Waals surface area (Å²) in [4.78, 5) is 0. The van der Waals surface area contributed by atoms with Crippen LogP contribution in [0.25, 0.3) is 0 Å². The van der Waals surface area contributed by atoms with Gasteiger partial charge in [-0.3, -0.25) is 0 Å². The maximum atomic E-state index is 6.30. The lowest BCUT2D eigenvalue weighted by Gasteiger charge is -2.32. The standard InChI is InChI=1S/C13H18BrNO.ClH/c1-2-16-12-7-6-10(14)8-11(12)13(15)9-4-3-5-9;/h6-9,13H,2-5,15H2,1H3;1H/t13-;/m0./s1. The molecule has 1 aliphatic rings. The molecule has 0 amide bonds. The number of benzene rings is 1. The van der Waals surface area contributed by atoms with E-state index in [0.717, 1.165) is 15.8 Å². The highest BCUT2D eigenvalue weighted by molar-refractivity contribution is 9.10. The molecule has 0 aromatic heterocycles. The SMILES string of the molecule is CCOc1ccc(Br)cc1[C@@H](N)C1CCC1.Cl. The minimum atomic E-state index is 0. The molecule has 2 N–H and O–H groups in total. The molecule has 1 saturated carbocycles. The van der Waals surface area contributed by atoms with Gasteiger partial charge in [0, 0.05) is 16.1 Å². The Bertz CT molecular complexity index is 368. The monoisotopic (exact) mass is 319 g/mol. The van der Waals surface area contributed by atoms with Crippen LogP contribution in [0.1, 0.15) is 37.8 Å². The number of hydrogen-bond donors (Lipinski definition) is 1. The molecular formula is C13H19BrClNO. The van der Waals surface area contributed by atoms with Crippen molar-refractivity contribution in [3.05, 3.63) is 28.2 Å². The van der Waals surface area contributed by atoms with E-state index in [2.05, 4.69) is 22.0 Å². The van der Waals surface area contributed by atoms with E-state index in [4.69, 9.17) is 10.5 Å². The molecule has 1 atom stereocenters. The third kappa shape index (κ3) is 3.36. The van der Waals surface area contributed by atoms with Crippen molar-refractivity contribution >= 4 is 28.3 Å². The van der Waals surface area contributed by atoms with Gasteiger partial charge in [-0.05, 0) is 43.9 Å². The zero-order valence-corrected chi connectivity index (χ0v) is 12.4. The Morgan fingerprint density at radius 1 is 1.47 bits per heavy atom. The van der Waals surface area contributed by atoms with E-state index in [1.807, 2.05) is 19.1 Å². The second-order valence-corrected chi connectivity index (χ2v) is 5.25. The van der Waals surface area contributed by atoms with Crippen molar-refractivity contribution in [2.75, 3.05) is 6.61 Å². The number of halogens is 2. The van der Waals surface area contributed by atoms with Crippen molar-refractivity contribution < 1.29 is 4.74 Å². The van der Waals surface area contributed by atoms with Crippen LogP contribution in [0.2, 0.25) is 0 Å². The van der Waals surface area contributed by atoms with Gasteiger partial charge < -0.3 is 10.5 Å². The van der Waals surface area contributed by atoms with Gasteiger partial charge in [0.1, 0.15) is 5.75 Å². The second kappa shape index (κ2) is 6.62. The maximum absolute atomic E-state index is 6.30. The van der Waals surface area contributed by atoms with E-state index in [9.17, 15) is 0 Å². The molecule has 0 bridgehead atoms. The van der Waals surface area contributed by atoms with Crippen molar-refractivity contribution in [2.45, 2.75) is 32.2 Å². The largest absolute Gasteiger partial charge is 0.494 e. The van der Waals surface area contributed by atoms with Crippen LogP contribution >= 0.6 is 28.3 Å². The summed E-state index contributed by atoms with van der Waals surface area (Å²) in [5.41, 5.74) is 7.44. The van der Waals surface area contributed by atoms with Crippen molar-refractivity contribution in [2.24, 2.45) is 11.7 Å². The molecule has 4 heteroatoms. The molecule has 0 unspecified atom stereocenters. The average Bonchev–Trinajstić information content (AvgIpc) is 2.18. The maximum Gasteiger partial charge on any atom is 0.124 e. The average molecular weight is 321 g/mol. The highest BCUT2D eigenvalue weighted by Crippen LogP contribution is 2.40. The predicted molar refractivity (Wildman–Crippen MR) is 76.8 cm³/mol. The van der Waals surface area contributed by atoms with E-state index < -0.39 is 0 Å². The van der Waals surface area contributed by atoms with Crippen LogP contribution in [-0.2, 0) is 0 Å². The van der Waals surface area contributed by atoms with Crippen LogP contribution in [0, 0.1) is 5.92 Å². The van der Waals surface area contributed by atoms with Crippen LogP contribution in [0.4, 0.5) is 0 Å². The lowest BCUT2D eigenvalue weighted by atomic mass is 9.77. The van der Waals surface area contributed by atoms with Crippen LogP contribution in [0.15, 0.2) is 22.7 Å². The summed E-state index contributed by atoms with van der Waals surface area (Å²) in [6.07, 6.45) is 3.81. The van der Waals surface area contributed by atoms with Gasteiger partial charge >= 0.3 is 0 Å². The van der Waals surface area contributed by atoms with Crippen molar-refractivity contribution in [1.82, 2.24) is 0 Å². The van der Waals surface area contributed by atoms with Crippen molar-refractivity contribution in [3.8, 4) is 5.75 Å². The number of rotatable bonds is 4. The van der Waals surface area contributed by atoms with Crippen LogP contribution in [0.3, 0.4) is 0 Å². The van der Waals surface area contributed by atoms with Gasteiger partial charge in [-0.15, -0.1) is 12.4 Å². The highest BCUT2D eigenvalue weighted by Gasteiger charge is 2.27. The molecule has 0 heterocycles. The van der Waals surface area contributed by atoms with Crippen molar-refractivity contribution in [3.63, 3.8) is 0 Å². The fourth-order valence-corrected chi connectivity index (χ4v) is 2.50. The van der Waals surface area contributed by atoms with Gasteiger partial charge in [-0.25, -0.2) is 0 Å².